The molecule has 0 spiro atoms. The largest absolute Gasteiger partial charge is 0.545 e. The monoisotopic (exact) mass is 139 g/mol. The first kappa shape index (κ1) is 8.52. The maximum Gasteiger partial charge on any atom is 0.545 e. The van der Waals surface area contributed by atoms with E-state index < -0.39 is 18.6 Å². The fourth-order valence-electron chi connectivity index (χ4n) is 0.378. The zero-order chi connectivity index (χ0) is 7.65. The van der Waals surface area contributed by atoms with E-state index in [1.165, 1.54) is 13.8 Å². The molecule has 0 aliphatic carbocycles. The third kappa shape index (κ3) is 2.53. The molecule has 0 atom stereocenters. The minimum absolute atomic E-state index is 0.926. The lowest BCUT2D eigenvalue weighted by atomic mass is 9.78. The Balaban J connectivity index is 4.06. The van der Waals surface area contributed by atoms with Crippen LogP contribution in [-0.4, -0.2) is 12.7 Å². The molecule has 0 N–H and O–H groups in total. The van der Waals surface area contributed by atoms with Crippen molar-refractivity contribution in [2.75, 3.05) is 0 Å². The van der Waals surface area contributed by atoms with Crippen molar-refractivity contribution in [3.8, 4) is 0 Å². The van der Waals surface area contributed by atoms with Gasteiger partial charge in [0.1, 0.15) is 0 Å². The lowest BCUT2D eigenvalue weighted by Gasteiger charge is -2.14. The molecule has 0 radical (unpaired) electrons. The van der Waals surface area contributed by atoms with Crippen LogP contribution in [0.15, 0.2) is 0 Å². The van der Waals surface area contributed by atoms with Crippen LogP contribution in [0, 0.1) is 5.92 Å². The molecule has 0 aromatic rings. The number of rotatable bonds is 2. The van der Waals surface area contributed by atoms with Crippen molar-refractivity contribution < 1.29 is 17.7 Å². The SMILES string of the molecule is CC(C)C(=O)[B-](F)(F)F. The highest BCUT2D eigenvalue weighted by molar-refractivity contribution is 6.91. The number of carbonyl (C=O) groups excluding carboxylic acids is 1. The van der Waals surface area contributed by atoms with Crippen molar-refractivity contribution in [2.45, 2.75) is 13.8 Å². The summed E-state index contributed by atoms with van der Waals surface area (Å²) in [5, 5.41) is 0. The molecular formula is C4H7BF3O-. The van der Waals surface area contributed by atoms with E-state index in [1.807, 2.05) is 0 Å². The van der Waals surface area contributed by atoms with E-state index in [2.05, 4.69) is 0 Å². The summed E-state index contributed by atoms with van der Waals surface area (Å²) in [4.78, 5) is 10.1. The van der Waals surface area contributed by atoms with E-state index in [0.29, 0.717) is 0 Å². The number of carbonyl (C=O) groups is 1. The fourth-order valence-corrected chi connectivity index (χ4v) is 0.378. The summed E-state index contributed by atoms with van der Waals surface area (Å²) in [6.07, 6.45) is 0. The Kier molecular flexibility index (Phi) is 2.28. The van der Waals surface area contributed by atoms with Gasteiger partial charge in [-0.25, -0.2) is 0 Å². The molecule has 0 aliphatic rings. The highest BCUT2D eigenvalue weighted by atomic mass is 19.4. The van der Waals surface area contributed by atoms with Crippen LogP contribution in [-0.2, 0) is 4.79 Å². The summed E-state index contributed by atoms with van der Waals surface area (Å²) in [5.41, 5.74) is -1.60. The van der Waals surface area contributed by atoms with Crippen molar-refractivity contribution in [3.63, 3.8) is 0 Å². The van der Waals surface area contributed by atoms with E-state index in [-0.39, 0.29) is 0 Å². The van der Waals surface area contributed by atoms with Crippen molar-refractivity contribution in [2.24, 2.45) is 5.92 Å². The Bertz CT molecular complexity index is 117. The van der Waals surface area contributed by atoms with Crippen molar-refractivity contribution >= 4 is 12.7 Å². The normalized spacial score (nSPS) is 12.2. The highest BCUT2D eigenvalue weighted by Crippen LogP contribution is 2.14. The van der Waals surface area contributed by atoms with Gasteiger partial charge < -0.3 is 17.7 Å². The summed E-state index contributed by atoms with van der Waals surface area (Å²) < 4.78 is 34.2. The summed E-state index contributed by atoms with van der Waals surface area (Å²) in [7, 11) is 0. The summed E-state index contributed by atoms with van der Waals surface area (Å²) in [6, 6.07) is 0. The van der Waals surface area contributed by atoms with Gasteiger partial charge in [0.25, 0.3) is 0 Å². The molecule has 1 nitrogen and oxygen atoms in total. The smallest absolute Gasteiger partial charge is 0.443 e. The van der Waals surface area contributed by atoms with Crippen LogP contribution >= 0.6 is 0 Å². The molecular weight excluding hydrogens is 132 g/mol. The van der Waals surface area contributed by atoms with Crippen LogP contribution in [0.3, 0.4) is 0 Å². The summed E-state index contributed by atoms with van der Waals surface area (Å²) in [5.74, 6) is -0.926. The van der Waals surface area contributed by atoms with Crippen molar-refractivity contribution in [3.05, 3.63) is 0 Å². The standard InChI is InChI=1S/C4H7BF3O/c1-3(2)4(9)5(6,7)8/h3H,1-2H3/q-1. The van der Waals surface area contributed by atoms with Gasteiger partial charge in [-0.05, 0) is 5.92 Å². The first-order valence-corrected chi connectivity index (χ1v) is 2.59. The predicted octanol–water partition coefficient (Wildman–Crippen LogP) is 1.60. The van der Waals surface area contributed by atoms with Gasteiger partial charge >= 0.3 is 6.98 Å². The number of halogens is 3. The van der Waals surface area contributed by atoms with E-state index >= 15 is 0 Å². The van der Waals surface area contributed by atoms with Crippen LogP contribution in [0.5, 0.6) is 0 Å². The Morgan fingerprint density at radius 1 is 1.33 bits per heavy atom. The summed E-state index contributed by atoms with van der Waals surface area (Å²) >= 11 is 0. The predicted molar refractivity (Wildman–Crippen MR) is 28.9 cm³/mol. The molecule has 0 bridgehead atoms. The molecule has 9 heavy (non-hydrogen) atoms. The van der Waals surface area contributed by atoms with Crippen LogP contribution < -0.4 is 0 Å². The third-order valence-corrected chi connectivity index (χ3v) is 0.892. The van der Waals surface area contributed by atoms with Gasteiger partial charge in [-0.1, -0.05) is 13.8 Å². The second-order valence-corrected chi connectivity index (χ2v) is 2.13. The van der Waals surface area contributed by atoms with Gasteiger partial charge in [0.15, 0.2) is 0 Å². The molecule has 0 fully saturated rings. The van der Waals surface area contributed by atoms with Crippen molar-refractivity contribution in [1.29, 1.82) is 0 Å². The maximum absolute atomic E-state index is 11.4. The van der Waals surface area contributed by atoms with Gasteiger partial charge in [-0.2, -0.15) is 0 Å². The van der Waals surface area contributed by atoms with Gasteiger partial charge in [-0.15, -0.1) is 0 Å². The second-order valence-electron chi connectivity index (χ2n) is 2.13. The van der Waals surface area contributed by atoms with Gasteiger partial charge in [0.05, 0.1) is 5.68 Å². The molecule has 5 heteroatoms. The molecule has 0 saturated carbocycles. The average molecular weight is 139 g/mol. The molecule has 0 rings (SSSR count). The zero-order valence-corrected chi connectivity index (χ0v) is 5.20. The molecule has 0 aromatic heterocycles. The number of hydrogen-bond acceptors (Lipinski definition) is 1. The first-order valence-electron chi connectivity index (χ1n) is 2.59. The molecule has 0 aromatic carbocycles. The van der Waals surface area contributed by atoms with Crippen LogP contribution in [0.25, 0.3) is 0 Å². The van der Waals surface area contributed by atoms with E-state index in [4.69, 9.17) is 0 Å². The Hall–Kier alpha value is -0.475. The lowest BCUT2D eigenvalue weighted by molar-refractivity contribution is -0.117. The molecule has 0 heterocycles. The van der Waals surface area contributed by atoms with Gasteiger partial charge in [-0.3, -0.25) is 0 Å². The third-order valence-electron chi connectivity index (χ3n) is 0.892. The van der Waals surface area contributed by atoms with Crippen LogP contribution in [0.4, 0.5) is 12.9 Å². The average Bonchev–Trinajstić information content (AvgIpc) is 1.62. The van der Waals surface area contributed by atoms with E-state index in [9.17, 15) is 17.7 Å². The van der Waals surface area contributed by atoms with Gasteiger partial charge in [0.2, 0.25) is 0 Å². The quantitative estimate of drug-likeness (QED) is 0.531. The van der Waals surface area contributed by atoms with E-state index in [1.54, 1.807) is 0 Å². The molecule has 0 amide bonds. The summed E-state index contributed by atoms with van der Waals surface area (Å²) in [6.45, 7) is -2.78. The van der Waals surface area contributed by atoms with Crippen LogP contribution in [0.1, 0.15) is 13.8 Å². The molecule has 0 aliphatic heterocycles. The molecule has 0 unspecified atom stereocenters. The van der Waals surface area contributed by atoms with Crippen LogP contribution in [0.2, 0.25) is 0 Å². The molecule has 54 valence electrons. The fraction of sp³-hybridized carbons (Fsp3) is 0.750. The zero-order valence-electron chi connectivity index (χ0n) is 5.20. The maximum atomic E-state index is 11.4. The topological polar surface area (TPSA) is 17.1 Å². The minimum Gasteiger partial charge on any atom is -0.443 e. The Morgan fingerprint density at radius 2 is 1.67 bits per heavy atom. The van der Waals surface area contributed by atoms with E-state index in [0.717, 1.165) is 0 Å². The Morgan fingerprint density at radius 3 is 1.67 bits per heavy atom. The minimum atomic E-state index is -5.25. The lowest BCUT2D eigenvalue weighted by Crippen LogP contribution is -2.33. The van der Waals surface area contributed by atoms with Gasteiger partial charge in [0, 0.05) is 0 Å². The Labute approximate surface area is 51.3 Å². The first-order chi connectivity index (χ1) is 3.85. The second kappa shape index (κ2) is 2.41. The highest BCUT2D eigenvalue weighted by Gasteiger charge is 2.34. The molecule has 0 saturated heterocycles. The number of hydrogen-bond donors (Lipinski definition) is 0. The van der Waals surface area contributed by atoms with Crippen molar-refractivity contribution in [1.82, 2.24) is 0 Å².